The topological polar surface area (TPSA) is 79.2 Å². The minimum absolute atomic E-state index is 0.148. The maximum atomic E-state index is 12.2. The van der Waals surface area contributed by atoms with Crippen LogP contribution in [0.5, 0.6) is 0 Å². The average Bonchev–Trinajstić information content (AvgIpc) is 3.01. The molecule has 0 aliphatic heterocycles. The molecule has 3 N–H and O–H groups in total. The number of nitrogens with one attached hydrogen (secondary N) is 2. The summed E-state index contributed by atoms with van der Waals surface area (Å²) in [7, 11) is 0. The molecule has 1 heterocycles. The van der Waals surface area contributed by atoms with Crippen molar-refractivity contribution in [1.29, 1.82) is 0 Å². The normalized spacial score (nSPS) is 12.7. The zero-order chi connectivity index (χ0) is 17.7. The van der Waals surface area contributed by atoms with E-state index in [1.54, 1.807) is 17.1 Å². The fourth-order valence-electron chi connectivity index (χ4n) is 2.30. The molecule has 2 amide bonds. The molecule has 1 aromatic heterocycles. The molecular formula is C18H26N4O2. The molecule has 0 saturated heterocycles. The SMILES string of the molecule is CCc1ccc(C(CO)NC(=O)Nc2cnn(C(C)(C)C)c2)cc1. The van der Waals surface area contributed by atoms with Crippen LogP contribution in [0.15, 0.2) is 36.7 Å². The number of aromatic nitrogens is 2. The van der Waals surface area contributed by atoms with E-state index in [4.69, 9.17) is 0 Å². The number of hydrogen-bond donors (Lipinski definition) is 3. The lowest BCUT2D eigenvalue weighted by Gasteiger charge is -2.19. The Hall–Kier alpha value is -2.34. The van der Waals surface area contributed by atoms with Crippen LogP contribution in [0.2, 0.25) is 0 Å². The Kier molecular flexibility index (Phi) is 5.62. The largest absolute Gasteiger partial charge is 0.394 e. The number of rotatable bonds is 5. The third-order valence-electron chi connectivity index (χ3n) is 3.81. The number of hydrogen-bond acceptors (Lipinski definition) is 3. The highest BCUT2D eigenvalue weighted by molar-refractivity contribution is 5.89. The number of nitrogens with zero attached hydrogens (tertiary/aromatic N) is 2. The molecule has 24 heavy (non-hydrogen) atoms. The molecule has 0 radical (unpaired) electrons. The molecule has 2 rings (SSSR count). The smallest absolute Gasteiger partial charge is 0.319 e. The second-order valence-electron chi connectivity index (χ2n) is 6.77. The monoisotopic (exact) mass is 330 g/mol. The fraction of sp³-hybridized carbons (Fsp3) is 0.444. The van der Waals surface area contributed by atoms with E-state index in [1.165, 1.54) is 5.56 Å². The van der Waals surface area contributed by atoms with Crippen molar-refractivity contribution in [1.82, 2.24) is 15.1 Å². The minimum Gasteiger partial charge on any atom is -0.394 e. The number of aliphatic hydroxyl groups is 1. The van der Waals surface area contributed by atoms with Gasteiger partial charge < -0.3 is 15.7 Å². The van der Waals surface area contributed by atoms with Crippen LogP contribution in [0.25, 0.3) is 0 Å². The number of amides is 2. The van der Waals surface area contributed by atoms with E-state index in [0.29, 0.717) is 5.69 Å². The Morgan fingerprint density at radius 1 is 1.29 bits per heavy atom. The van der Waals surface area contributed by atoms with E-state index >= 15 is 0 Å². The number of aliphatic hydroxyl groups excluding tert-OH is 1. The molecule has 0 aliphatic rings. The first kappa shape index (κ1) is 18.0. The first-order valence-corrected chi connectivity index (χ1v) is 8.16. The Morgan fingerprint density at radius 2 is 1.96 bits per heavy atom. The van der Waals surface area contributed by atoms with Crippen LogP contribution in [-0.4, -0.2) is 27.5 Å². The Bertz CT molecular complexity index is 671. The van der Waals surface area contributed by atoms with E-state index < -0.39 is 6.04 Å². The van der Waals surface area contributed by atoms with Gasteiger partial charge in [-0.1, -0.05) is 31.2 Å². The highest BCUT2D eigenvalue weighted by atomic mass is 16.3. The lowest BCUT2D eigenvalue weighted by atomic mass is 10.0. The lowest BCUT2D eigenvalue weighted by Crippen LogP contribution is -2.34. The van der Waals surface area contributed by atoms with Gasteiger partial charge in [0.2, 0.25) is 0 Å². The van der Waals surface area contributed by atoms with Gasteiger partial charge in [-0.05, 0) is 38.3 Å². The Balaban J connectivity index is 2.00. The van der Waals surface area contributed by atoms with Crippen molar-refractivity contribution in [2.24, 2.45) is 0 Å². The van der Waals surface area contributed by atoms with E-state index in [0.717, 1.165) is 12.0 Å². The van der Waals surface area contributed by atoms with Crippen LogP contribution < -0.4 is 10.6 Å². The summed E-state index contributed by atoms with van der Waals surface area (Å²) >= 11 is 0. The number of carbonyl (C=O) groups excluding carboxylic acids is 1. The van der Waals surface area contributed by atoms with Crippen molar-refractivity contribution < 1.29 is 9.90 Å². The first-order chi connectivity index (χ1) is 11.3. The third kappa shape index (κ3) is 4.58. The summed E-state index contributed by atoms with van der Waals surface area (Å²) in [4.78, 5) is 12.2. The van der Waals surface area contributed by atoms with Crippen LogP contribution in [-0.2, 0) is 12.0 Å². The van der Waals surface area contributed by atoms with E-state index in [9.17, 15) is 9.90 Å². The molecule has 1 aromatic carbocycles. The predicted octanol–water partition coefficient (Wildman–Crippen LogP) is 3.06. The van der Waals surface area contributed by atoms with E-state index in [-0.39, 0.29) is 18.2 Å². The summed E-state index contributed by atoms with van der Waals surface area (Å²) < 4.78 is 1.79. The highest BCUT2D eigenvalue weighted by Crippen LogP contribution is 2.17. The fourth-order valence-corrected chi connectivity index (χ4v) is 2.30. The quantitative estimate of drug-likeness (QED) is 0.788. The maximum absolute atomic E-state index is 12.2. The summed E-state index contributed by atoms with van der Waals surface area (Å²) in [5.74, 6) is 0. The van der Waals surface area contributed by atoms with Crippen molar-refractivity contribution in [3.8, 4) is 0 Å². The van der Waals surface area contributed by atoms with Gasteiger partial charge in [-0.15, -0.1) is 0 Å². The zero-order valence-corrected chi connectivity index (χ0v) is 14.7. The van der Waals surface area contributed by atoms with Gasteiger partial charge in [-0.25, -0.2) is 4.79 Å². The minimum atomic E-state index is -0.450. The molecule has 0 spiro atoms. The number of carbonyl (C=O) groups is 1. The number of benzene rings is 1. The van der Waals surface area contributed by atoms with Crippen molar-refractivity contribution in [2.75, 3.05) is 11.9 Å². The standard InChI is InChI=1S/C18H26N4O2/c1-5-13-6-8-14(9-7-13)16(12-23)21-17(24)20-15-10-19-22(11-15)18(2,3)4/h6-11,16,23H,5,12H2,1-4H3,(H2,20,21,24). The molecule has 0 saturated carbocycles. The van der Waals surface area contributed by atoms with Gasteiger partial charge in [0.25, 0.3) is 0 Å². The molecular weight excluding hydrogens is 304 g/mol. The summed E-state index contributed by atoms with van der Waals surface area (Å²) in [6.07, 6.45) is 4.34. The number of aryl methyl sites for hydroxylation is 1. The van der Waals surface area contributed by atoms with Gasteiger partial charge in [0, 0.05) is 6.20 Å². The zero-order valence-electron chi connectivity index (χ0n) is 14.7. The van der Waals surface area contributed by atoms with Gasteiger partial charge in [0.1, 0.15) is 0 Å². The number of anilines is 1. The highest BCUT2D eigenvalue weighted by Gasteiger charge is 2.17. The first-order valence-electron chi connectivity index (χ1n) is 8.16. The van der Waals surface area contributed by atoms with Gasteiger partial charge in [0.15, 0.2) is 0 Å². The molecule has 6 heteroatoms. The molecule has 0 bridgehead atoms. The van der Waals surface area contributed by atoms with Crippen LogP contribution in [0, 0.1) is 0 Å². The molecule has 2 aromatic rings. The van der Waals surface area contributed by atoms with Gasteiger partial charge in [-0.2, -0.15) is 5.10 Å². The lowest BCUT2D eigenvalue weighted by molar-refractivity contribution is 0.225. The van der Waals surface area contributed by atoms with E-state index in [2.05, 4.69) is 22.7 Å². The summed E-state index contributed by atoms with van der Waals surface area (Å²) in [6, 6.07) is 7.04. The van der Waals surface area contributed by atoms with Crippen molar-refractivity contribution in [3.05, 3.63) is 47.8 Å². The average molecular weight is 330 g/mol. The summed E-state index contributed by atoms with van der Waals surface area (Å²) in [5, 5.41) is 19.3. The maximum Gasteiger partial charge on any atom is 0.319 e. The summed E-state index contributed by atoms with van der Waals surface area (Å²) in [5.41, 5.74) is 2.55. The van der Waals surface area contributed by atoms with Crippen molar-refractivity contribution in [3.63, 3.8) is 0 Å². The second-order valence-corrected chi connectivity index (χ2v) is 6.77. The van der Waals surface area contributed by atoms with Gasteiger partial charge >= 0.3 is 6.03 Å². The van der Waals surface area contributed by atoms with E-state index in [1.807, 2.05) is 45.0 Å². The third-order valence-corrected chi connectivity index (χ3v) is 3.81. The Labute approximate surface area is 142 Å². The van der Waals surface area contributed by atoms with Crippen LogP contribution in [0.1, 0.15) is 44.9 Å². The predicted molar refractivity (Wildman–Crippen MR) is 95.0 cm³/mol. The molecule has 6 nitrogen and oxygen atoms in total. The molecule has 1 unspecified atom stereocenters. The van der Waals surface area contributed by atoms with Crippen LogP contribution in [0.4, 0.5) is 10.5 Å². The molecule has 130 valence electrons. The molecule has 1 atom stereocenters. The summed E-state index contributed by atoms with van der Waals surface area (Å²) in [6.45, 7) is 8.02. The second kappa shape index (κ2) is 7.49. The Morgan fingerprint density at radius 3 is 2.46 bits per heavy atom. The number of urea groups is 1. The van der Waals surface area contributed by atoms with Crippen LogP contribution >= 0.6 is 0 Å². The molecule has 0 aliphatic carbocycles. The van der Waals surface area contributed by atoms with Crippen molar-refractivity contribution in [2.45, 2.75) is 45.7 Å². The van der Waals surface area contributed by atoms with Crippen molar-refractivity contribution >= 4 is 11.7 Å². The van der Waals surface area contributed by atoms with Crippen LogP contribution in [0.3, 0.4) is 0 Å². The molecule has 0 fully saturated rings. The van der Waals surface area contributed by atoms with Gasteiger partial charge in [0.05, 0.1) is 30.1 Å². The van der Waals surface area contributed by atoms with Gasteiger partial charge in [-0.3, -0.25) is 4.68 Å².